The molecule has 2 aliphatic rings. The van der Waals surface area contributed by atoms with Crippen molar-refractivity contribution in [3.05, 3.63) is 136 Å². The van der Waals surface area contributed by atoms with Crippen molar-refractivity contribution in [3.63, 3.8) is 0 Å². The lowest BCUT2D eigenvalue weighted by Crippen LogP contribution is -2.71. The fourth-order valence-corrected chi connectivity index (χ4v) is 9.74. The third-order valence-corrected chi connectivity index (χ3v) is 12.3. The lowest BCUT2D eigenvalue weighted by molar-refractivity contribution is -0.150. The van der Waals surface area contributed by atoms with Crippen LogP contribution in [0, 0.1) is 0 Å². The van der Waals surface area contributed by atoms with Crippen LogP contribution < -0.4 is 10.6 Å². The summed E-state index contributed by atoms with van der Waals surface area (Å²) in [4.78, 5) is 53.4. The van der Waals surface area contributed by atoms with Crippen LogP contribution in [0.3, 0.4) is 0 Å². The van der Waals surface area contributed by atoms with Crippen molar-refractivity contribution in [2.24, 2.45) is 5.16 Å². The zero-order chi connectivity index (χ0) is 37.0. The molecule has 4 heterocycles. The van der Waals surface area contributed by atoms with E-state index in [0.29, 0.717) is 15.0 Å². The van der Waals surface area contributed by atoms with Crippen molar-refractivity contribution in [2.45, 2.75) is 27.9 Å². The number of benzene rings is 3. The fourth-order valence-electron chi connectivity index (χ4n) is 6.06. The minimum absolute atomic E-state index is 0.0826. The van der Waals surface area contributed by atoms with Gasteiger partial charge in [0, 0.05) is 16.9 Å². The fraction of sp³-hybridized carbons (Fsp3) is 0.171. The molecule has 0 radical (unpaired) electrons. The van der Waals surface area contributed by atoms with Crippen LogP contribution in [0.1, 0.15) is 22.4 Å². The molecule has 7 rings (SSSR count). The molecule has 12 nitrogen and oxygen atoms in total. The maximum Gasteiger partial charge on any atom is 0.407 e. The van der Waals surface area contributed by atoms with E-state index < -0.39 is 47.1 Å². The number of carboxylic acids is 1. The van der Waals surface area contributed by atoms with Gasteiger partial charge in [0.2, 0.25) is 0 Å². The molecule has 0 saturated carbocycles. The van der Waals surface area contributed by atoms with Crippen molar-refractivity contribution in [1.82, 2.24) is 24.6 Å². The van der Waals surface area contributed by atoms with Gasteiger partial charge in [-0.1, -0.05) is 108 Å². The Kier molecular flexibility index (Phi) is 10.8. The molecule has 18 heteroatoms. The first-order valence-corrected chi connectivity index (χ1v) is 19.5. The number of hydrogen-bond donors (Lipinski definition) is 3. The first-order chi connectivity index (χ1) is 25.8. The number of halogens is 2. The van der Waals surface area contributed by atoms with Crippen LogP contribution in [0.4, 0.5) is 13.9 Å². The van der Waals surface area contributed by atoms with Crippen molar-refractivity contribution in [3.8, 4) is 0 Å². The number of anilines is 1. The molecule has 1 saturated heterocycles. The van der Waals surface area contributed by atoms with Gasteiger partial charge in [0.05, 0.1) is 0 Å². The van der Waals surface area contributed by atoms with E-state index in [9.17, 15) is 28.3 Å². The molecule has 0 aliphatic carbocycles. The van der Waals surface area contributed by atoms with E-state index in [-0.39, 0.29) is 22.9 Å². The Bertz CT molecular complexity index is 2060. The Balaban J connectivity index is 1.16. The van der Waals surface area contributed by atoms with Crippen LogP contribution in [0.25, 0.3) is 0 Å². The van der Waals surface area contributed by atoms with Gasteiger partial charge in [0.1, 0.15) is 34.7 Å². The summed E-state index contributed by atoms with van der Waals surface area (Å²) in [5.41, 5.74) is 1.37. The Morgan fingerprint density at radius 2 is 1.64 bits per heavy atom. The zero-order valence-corrected chi connectivity index (χ0v) is 30.4. The number of β-lactam (4-membered cyclic amide) rings is 1. The average molecular weight is 792 g/mol. The normalized spacial score (nSPS) is 17.3. The van der Waals surface area contributed by atoms with Gasteiger partial charge in [-0.3, -0.25) is 14.5 Å². The molecule has 3 aromatic carbocycles. The summed E-state index contributed by atoms with van der Waals surface area (Å²) in [6, 6.07) is 28.0. The number of aliphatic carboxylic acids is 1. The standard InChI is InChI=1S/C35H27F2N7O5S4/c36-32(37)49-43-25(28(45)41-26-29(46)44-27(31(47)48)20(16-50-30(26)44)17-52-34-38-19-39-53-34)24-18-51-33(40-24)42-35(21-10-4-1-5-11-21,22-12-6-2-7-13-22)23-14-8-3-9-15-23/h1-15,18-19,26,30,32H,16-17H2,(H,40,42)(H,41,45)(H,47,48)/b43-25-. The van der Waals surface area contributed by atoms with E-state index in [4.69, 9.17) is 0 Å². The Labute approximate surface area is 317 Å². The third kappa shape index (κ3) is 7.39. The first kappa shape index (κ1) is 36.2. The number of nitrogens with one attached hydrogen (secondary N) is 2. The van der Waals surface area contributed by atoms with Crippen molar-refractivity contribution in [2.75, 3.05) is 16.8 Å². The third-order valence-electron chi connectivity index (χ3n) is 8.35. The summed E-state index contributed by atoms with van der Waals surface area (Å²) in [6.07, 6.45) is 1.40. The molecule has 0 bridgehead atoms. The Morgan fingerprint density at radius 1 is 1.02 bits per heavy atom. The van der Waals surface area contributed by atoms with Gasteiger partial charge in [-0.25, -0.2) is 14.8 Å². The molecule has 2 atom stereocenters. The molecule has 2 aliphatic heterocycles. The van der Waals surface area contributed by atoms with Crippen LogP contribution in [0.15, 0.2) is 123 Å². The number of oxime groups is 1. The number of amides is 2. The minimum atomic E-state index is -3.34. The molecule has 3 N–H and O–H groups in total. The number of nitrogens with zero attached hydrogens (tertiary/aromatic N) is 5. The minimum Gasteiger partial charge on any atom is -0.477 e. The zero-order valence-electron chi connectivity index (χ0n) is 27.2. The van der Waals surface area contributed by atoms with Gasteiger partial charge < -0.3 is 20.6 Å². The molecular formula is C35H27F2N7O5S4. The first-order valence-electron chi connectivity index (χ1n) is 15.8. The largest absolute Gasteiger partial charge is 0.477 e. The number of carbonyl (C=O) groups excluding carboxylic acids is 2. The number of hydrogen-bond acceptors (Lipinski definition) is 13. The van der Waals surface area contributed by atoms with Gasteiger partial charge in [-0.15, -0.1) is 23.1 Å². The molecule has 5 aromatic rings. The molecule has 0 spiro atoms. The van der Waals surface area contributed by atoms with Gasteiger partial charge in [0.15, 0.2) is 15.2 Å². The van der Waals surface area contributed by atoms with Crippen molar-refractivity contribution in [1.29, 1.82) is 0 Å². The highest BCUT2D eigenvalue weighted by Crippen LogP contribution is 2.43. The van der Waals surface area contributed by atoms with Crippen molar-refractivity contribution < 1.29 is 33.1 Å². The van der Waals surface area contributed by atoms with E-state index in [0.717, 1.165) is 32.9 Å². The number of thiazole rings is 1. The number of carbonyl (C=O) groups is 3. The highest BCUT2D eigenvalue weighted by atomic mass is 32.2. The van der Waals surface area contributed by atoms with Crippen LogP contribution in [0.2, 0.25) is 0 Å². The van der Waals surface area contributed by atoms with Crippen LogP contribution in [0.5, 0.6) is 0 Å². The number of carboxylic acid groups (broad SMARTS) is 1. The summed E-state index contributed by atoms with van der Waals surface area (Å²) in [6.45, 7) is -3.34. The number of alkyl halides is 2. The maximum absolute atomic E-state index is 13.7. The second-order valence-corrected chi connectivity index (χ2v) is 15.4. The molecular weight excluding hydrogens is 765 g/mol. The van der Waals surface area contributed by atoms with Crippen LogP contribution >= 0.6 is 46.4 Å². The second kappa shape index (κ2) is 15.8. The second-order valence-electron chi connectivity index (χ2n) is 11.4. The lowest BCUT2D eigenvalue weighted by Gasteiger charge is -2.49. The summed E-state index contributed by atoms with van der Waals surface area (Å²) in [5.74, 6) is -2.40. The van der Waals surface area contributed by atoms with Crippen LogP contribution in [-0.4, -0.2) is 77.4 Å². The molecule has 270 valence electrons. The quantitative estimate of drug-likeness (QED) is 0.0406. The van der Waals surface area contributed by atoms with E-state index >= 15 is 0 Å². The predicted octanol–water partition coefficient (Wildman–Crippen LogP) is 5.87. The van der Waals surface area contributed by atoms with Crippen molar-refractivity contribution >= 4 is 75.0 Å². The van der Waals surface area contributed by atoms with Gasteiger partial charge in [-0.05, 0) is 33.8 Å². The van der Waals surface area contributed by atoms with E-state index in [1.54, 1.807) is 0 Å². The SMILES string of the molecule is O=C(O)C1=C(CSc2ncns2)CSC2C(NC(=O)/C(=N\OC(F)F)c3csc(NC(c4ccccc4)(c4ccccc4)c4ccccc4)n3)C(=O)N12. The van der Waals surface area contributed by atoms with Crippen LogP contribution in [-0.2, 0) is 24.8 Å². The number of fused-ring (bicyclic) bond motifs is 1. The average Bonchev–Trinajstić information content (AvgIpc) is 3.88. The van der Waals surface area contributed by atoms with Gasteiger partial charge >= 0.3 is 12.6 Å². The molecule has 2 aromatic heterocycles. The topological polar surface area (TPSA) is 159 Å². The summed E-state index contributed by atoms with van der Waals surface area (Å²) in [7, 11) is 0. The number of aromatic nitrogens is 3. The van der Waals surface area contributed by atoms with E-state index in [1.807, 2.05) is 91.0 Å². The molecule has 2 unspecified atom stereocenters. The lowest BCUT2D eigenvalue weighted by atomic mass is 9.77. The molecule has 1 fully saturated rings. The Hall–Kier alpha value is -5.17. The predicted molar refractivity (Wildman–Crippen MR) is 199 cm³/mol. The monoisotopic (exact) mass is 791 g/mol. The number of rotatable bonds is 14. The van der Waals surface area contributed by atoms with Gasteiger partial charge in [0.25, 0.3) is 11.8 Å². The van der Waals surface area contributed by atoms with E-state index in [1.165, 1.54) is 46.8 Å². The highest BCUT2D eigenvalue weighted by molar-refractivity contribution is 8.01. The summed E-state index contributed by atoms with van der Waals surface area (Å²) >= 11 is 4.87. The molecule has 2 amide bonds. The molecule has 53 heavy (non-hydrogen) atoms. The highest BCUT2D eigenvalue weighted by Gasteiger charge is 2.54. The van der Waals surface area contributed by atoms with Gasteiger partial charge in [-0.2, -0.15) is 13.2 Å². The van der Waals surface area contributed by atoms with E-state index in [2.05, 4.69) is 35.0 Å². The summed E-state index contributed by atoms with van der Waals surface area (Å²) < 4.78 is 31.1. The summed E-state index contributed by atoms with van der Waals surface area (Å²) in [5, 5.41) is 20.6. The number of thioether (sulfide) groups is 2. The Morgan fingerprint density at radius 3 is 2.19 bits per heavy atom. The smallest absolute Gasteiger partial charge is 0.407 e. The maximum atomic E-state index is 13.7.